The molecule has 0 aliphatic heterocycles. The molecule has 2 unspecified atom stereocenters. The largest absolute Gasteiger partial charge is 0.395 e. The third-order valence-corrected chi connectivity index (χ3v) is 3.08. The number of hydrogen-bond donors (Lipinski definition) is 2. The molecule has 90 valence electrons. The molecular weight excluding hydrogens is 200 g/mol. The zero-order valence-corrected chi connectivity index (χ0v) is 10.1. The zero-order valence-electron chi connectivity index (χ0n) is 10.1. The van der Waals surface area contributed by atoms with Gasteiger partial charge in [0.1, 0.15) is 0 Å². The molecule has 0 heterocycles. The third kappa shape index (κ3) is 3.59. The number of nitrogens with two attached hydrogens (primary N) is 1. The number of hydrogen-bond acceptors (Lipinski definition) is 3. The van der Waals surface area contributed by atoms with Crippen LogP contribution in [0.25, 0.3) is 0 Å². The lowest BCUT2D eigenvalue weighted by Crippen LogP contribution is -2.37. The van der Waals surface area contributed by atoms with Crippen molar-refractivity contribution in [3.63, 3.8) is 0 Å². The number of benzene rings is 1. The molecule has 0 saturated carbocycles. The minimum Gasteiger partial charge on any atom is -0.395 e. The molecule has 0 radical (unpaired) electrons. The van der Waals surface area contributed by atoms with Crippen LogP contribution in [0.15, 0.2) is 30.3 Å². The summed E-state index contributed by atoms with van der Waals surface area (Å²) in [6.45, 7) is 3.70. The predicted octanol–water partition coefficient (Wildman–Crippen LogP) is 1.04. The van der Waals surface area contributed by atoms with Crippen molar-refractivity contribution in [1.29, 1.82) is 0 Å². The molecule has 1 aromatic carbocycles. The van der Waals surface area contributed by atoms with E-state index in [0.29, 0.717) is 12.5 Å². The maximum absolute atomic E-state index is 9.09. The minimum absolute atomic E-state index is 0.178. The van der Waals surface area contributed by atoms with Gasteiger partial charge in [-0.05, 0) is 19.5 Å². The Labute approximate surface area is 97.9 Å². The van der Waals surface area contributed by atoms with Gasteiger partial charge in [0.2, 0.25) is 0 Å². The molecule has 0 spiro atoms. The Kier molecular flexibility index (Phi) is 5.46. The van der Waals surface area contributed by atoms with Gasteiger partial charge in [0.05, 0.1) is 6.61 Å². The summed E-state index contributed by atoms with van der Waals surface area (Å²) in [5.74, 6) is 0.334. The van der Waals surface area contributed by atoms with Crippen molar-refractivity contribution < 1.29 is 5.11 Å². The third-order valence-electron chi connectivity index (χ3n) is 3.08. The summed E-state index contributed by atoms with van der Waals surface area (Å²) < 4.78 is 0. The Balaban J connectivity index is 2.62. The van der Waals surface area contributed by atoms with E-state index in [1.165, 1.54) is 5.56 Å². The number of nitrogens with zero attached hydrogens (tertiary/aromatic N) is 1. The summed E-state index contributed by atoms with van der Waals surface area (Å²) >= 11 is 0. The molecule has 1 aromatic rings. The molecule has 3 N–H and O–H groups in total. The van der Waals surface area contributed by atoms with Gasteiger partial charge in [-0.3, -0.25) is 0 Å². The molecular formula is C13H22N2O. The molecule has 2 atom stereocenters. The van der Waals surface area contributed by atoms with Gasteiger partial charge in [-0.25, -0.2) is 0 Å². The fourth-order valence-electron chi connectivity index (χ4n) is 1.71. The van der Waals surface area contributed by atoms with Crippen LogP contribution in [0.2, 0.25) is 0 Å². The average molecular weight is 222 g/mol. The van der Waals surface area contributed by atoms with E-state index in [0.717, 1.165) is 6.54 Å². The smallest absolute Gasteiger partial charge is 0.0584 e. The first kappa shape index (κ1) is 13.2. The van der Waals surface area contributed by atoms with Crippen molar-refractivity contribution in [1.82, 2.24) is 4.90 Å². The van der Waals surface area contributed by atoms with Gasteiger partial charge >= 0.3 is 0 Å². The van der Waals surface area contributed by atoms with E-state index >= 15 is 0 Å². The van der Waals surface area contributed by atoms with Gasteiger partial charge < -0.3 is 15.7 Å². The second kappa shape index (κ2) is 6.63. The number of aliphatic hydroxyl groups excluding tert-OH is 1. The normalized spacial score (nSPS) is 15.1. The Bertz CT molecular complexity index is 289. The molecule has 0 aliphatic carbocycles. The molecule has 3 nitrogen and oxygen atoms in total. The first-order valence-electron chi connectivity index (χ1n) is 5.75. The first-order valence-corrected chi connectivity index (χ1v) is 5.75. The van der Waals surface area contributed by atoms with E-state index in [2.05, 4.69) is 17.0 Å². The monoisotopic (exact) mass is 222 g/mol. The van der Waals surface area contributed by atoms with Crippen LogP contribution in [0.4, 0.5) is 0 Å². The summed E-state index contributed by atoms with van der Waals surface area (Å²) in [5.41, 5.74) is 7.07. The van der Waals surface area contributed by atoms with Gasteiger partial charge in [0, 0.05) is 25.0 Å². The van der Waals surface area contributed by atoms with E-state index in [9.17, 15) is 0 Å². The molecule has 0 saturated heterocycles. The van der Waals surface area contributed by atoms with E-state index < -0.39 is 0 Å². The molecule has 0 fully saturated rings. The highest BCUT2D eigenvalue weighted by Gasteiger charge is 2.15. The Morgan fingerprint density at radius 2 is 1.94 bits per heavy atom. The SMILES string of the molecule is CC(CO)N(C)CC(CN)c1ccccc1. The summed E-state index contributed by atoms with van der Waals surface area (Å²) in [5, 5.41) is 9.09. The first-order chi connectivity index (χ1) is 7.69. The summed E-state index contributed by atoms with van der Waals surface area (Å²) in [6, 6.07) is 10.5. The van der Waals surface area contributed by atoms with Crippen LogP contribution in [0, 0.1) is 0 Å². The summed E-state index contributed by atoms with van der Waals surface area (Å²) in [6.07, 6.45) is 0. The minimum atomic E-state index is 0.178. The van der Waals surface area contributed by atoms with Crippen LogP contribution in [-0.4, -0.2) is 42.8 Å². The standard InChI is InChI=1S/C13H22N2O/c1-11(10-16)15(2)9-13(8-14)12-6-4-3-5-7-12/h3-7,11,13,16H,8-10,14H2,1-2H3. The lowest BCUT2D eigenvalue weighted by Gasteiger charge is -2.27. The van der Waals surface area contributed by atoms with Gasteiger partial charge in [-0.2, -0.15) is 0 Å². The Hall–Kier alpha value is -0.900. The highest BCUT2D eigenvalue weighted by Crippen LogP contribution is 2.15. The predicted molar refractivity (Wildman–Crippen MR) is 67.4 cm³/mol. The summed E-state index contributed by atoms with van der Waals surface area (Å²) in [4.78, 5) is 2.14. The lowest BCUT2D eigenvalue weighted by molar-refractivity contribution is 0.153. The van der Waals surface area contributed by atoms with Gasteiger partial charge in [-0.1, -0.05) is 30.3 Å². The van der Waals surface area contributed by atoms with Crippen LogP contribution in [0.3, 0.4) is 0 Å². The van der Waals surface area contributed by atoms with E-state index in [1.807, 2.05) is 32.2 Å². The second-order valence-corrected chi connectivity index (χ2v) is 4.31. The Morgan fingerprint density at radius 3 is 2.44 bits per heavy atom. The molecule has 0 bridgehead atoms. The van der Waals surface area contributed by atoms with Gasteiger partial charge in [-0.15, -0.1) is 0 Å². The molecule has 1 rings (SSSR count). The summed E-state index contributed by atoms with van der Waals surface area (Å²) in [7, 11) is 2.02. The zero-order chi connectivity index (χ0) is 12.0. The van der Waals surface area contributed by atoms with Crippen LogP contribution in [0.5, 0.6) is 0 Å². The fourth-order valence-corrected chi connectivity index (χ4v) is 1.71. The topological polar surface area (TPSA) is 49.5 Å². The molecule has 3 heteroatoms. The van der Waals surface area contributed by atoms with Crippen molar-refractivity contribution in [2.24, 2.45) is 5.73 Å². The van der Waals surface area contributed by atoms with Crippen molar-refractivity contribution in [2.45, 2.75) is 18.9 Å². The maximum Gasteiger partial charge on any atom is 0.0584 e. The quantitative estimate of drug-likeness (QED) is 0.756. The van der Waals surface area contributed by atoms with E-state index in [-0.39, 0.29) is 12.6 Å². The Morgan fingerprint density at radius 1 is 1.31 bits per heavy atom. The average Bonchev–Trinajstić information content (AvgIpc) is 2.35. The second-order valence-electron chi connectivity index (χ2n) is 4.31. The highest BCUT2D eigenvalue weighted by atomic mass is 16.3. The van der Waals surface area contributed by atoms with Crippen LogP contribution in [-0.2, 0) is 0 Å². The van der Waals surface area contributed by atoms with Crippen molar-refractivity contribution in [3.05, 3.63) is 35.9 Å². The van der Waals surface area contributed by atoms with Crippen LogP contribution < -0.4 is 5.73 Å². The number of rotatable bonds is 6. The van der Waals surface area contributed by atoms with Crippen molar-refractivity contribution >= 4 is 0 Å². The number of likely N-dealkylation sites (N-methyl/N-ethyl adjacent to an activating group) is 1. The fraction of sp³-hybridized carbons (Fsp3) is 0.538. The lowest BCUT2D eigenvalue weighted by atomic mass is 9.98. The van der Waals surface area contributed by atoms with Gasteiger partial charge in [0.15, 0.2) is 0 Å². The molecule has 0 amide bonds. The van der Waals surface area contributed by atoms with Gasteiger partial charge in [0.25, 0.3) is 0 Å². The number of aliphatic hydroxyl groups is 1. The molecule has 0 aromatic heterocycles. The van der Waals surface area contributed by atoms with Crippen LogP contribution in [0.1, 0.15) is 18.4 Å². The van der Waals surface area contributed by atoms with Crippen molar-refractivity contribution in [2.75, 3.05) is 26.7 Å². The van der Waals surface area contributed by atoms with Crippen molar-refractivity contribution in [3.8, 4) is 0 Å². The van der Waals surface area contributed by atoms with Crippen LogP contribution >= 0.6 is 0 Å². The molecule has 16 heavy (non-hydrogen) atoms. The highest BCUT2D eigenvalue weighted by molar-refractivity contribution is 5.20. The van der Waals surface area contributed by atoms with E-state index in [4.69, 9.17) is 10.8 Å². The molecule has 0 aliphatic rings. The maximum atomic E-state index is 9.09. The van der Waals surface area contributed by atoms with E-state index in [1.54, 1.807) is 0 Å².